The number of methoxy groups -OCH3 is 1. The molecule has 180 valence electrons. The highest BCUT2D eigenvalue weighted by Crippen LogP contribution is 2.41. The van der Waals surface area contributed by atoms with Gasteiger partial charge in [-0.05, 0) is 74.2 Å². The molecule has 1 fully saturated rings. The highest BCUT2D eigenvalue weighted by Gasteiger charge is 2.47. The van der Waals surface area contributed by atoms with E-state index < -0.39 is 17.7 Å². The third-order valence-electron chi connectivity index (χ3n) is 7.00. The number of ketones is 1. The molecule has 1 amide bonds. The van der Waals surface area contributed by atoms with Crippen LogP contribution in [0.1, 0.15) is 48.2 Å². The van der Waals surface area contributed by atoms with Crippen molar-refractivity contribution < 1.29 is 24.0 Å². The summed E-state index contributed by atoms with van der Waals surface area (Å²) in [5, 5.41) is 14.9. The summed E-state index contributed by atoms with van der Waals surface area (Å²) in [6, 6.07) is 15.5. The average Bonchev–Trinajstić information content (AvgIpc) is 3.45. The summed E-state index contributed by atoms with van der Waals surface area (Å²) in [6.07, 6.45) is 5.02. The molecule has 5 rings (SSSR count). The van der Waals surface area contributed by atoms with E-state index in [1.165, 1.54) is 0 Å². The third kappa shape index (κ3) is 4.22. The van der Waals surface area contributed by atoms with Crippen molar-refractivity contribution in [2.24, 2.45) is 5.92 Å². The van der Waals surface area contributed by atoms with E-state index in [1.807, 2.05) is 37.3 Å². The number of aryl methyl sites for hydroxylation is 1. The molecule has 1 atom stereocenters. The molecule has 0 bridgehead atoms. The second-order valence-corrected chi connectivity index (χ2v) is 9.22. The van der Waals surface area contributed by atoms with Crippen molar-refractivity contribution in [3.05, 3.63) is 77.2 Å². The Kier molecular flexibility index (Phi) is 6.16. The highest BCUT2D eigenvalue weighted by atomic mass is 16.5. The lowest BCUT2D eigenvalue weighted by Crippen LogP contribution is -2.42. The fraction of sp³-hybridized carbons (Fsp3) is 0.321. The van der Waals surface area contributed by atoms with Crippen LogP contribution in [0.15, 0.2) is 70.5 Å². The molecule has 2 heterocycles. The summed E-state index contributed by atoms with van der Waals surface area (Å²) in [5.74, 6) is 0.0326. The van der Waals surface area contributed by atoms with Crippen LogP contribution in [0, 0.1) is 12.8 Å². The maximum Gasteiger partial charge on any atom is 0.294 e. The van der Waals surface area contributed by atoms with E-state index in [0.29, 0.717) is 22.8 Å². The van der Waals surface area contributed by atoms with Gasteiger partial charge in [0.15, 0.2) is 17.3 Å². The molecule has 3 aromatic rings. The molecule has 1 aliphatic carbocycles. The van der Waals surface area contributed by atoms with Crippen molar-refractivity contribution in [3.8, 4) is 17.1 Å². The molecular formula is C28H28N2O5. The van der Waals surface area contributed by atoms with Crippen LogP contribution in [0.2, 0.25) is 0 Å². The Morgan fingerprint density at radius 3 is 2.34 bits per heavy atom. The minimum Gasteiger partial charge on any atom is -0.503 e. The molecule has 0 spiro atoms. The molecule has 1 saturated carbocycles. The number of hydrogen-bond donors (Lipinski definition) is 1. The van der Waals surface area contributed by atoms with Gasteiger partial charge in [0, 0.05) is 22.9 Å². The van der Waals surface area contributed by atoms with E-state index in [4.69, 9.17) is 9.26 Å². The largest absolute Gasteiger partial charge is 0.503 e. The molecule has 35 heavy (non-hydrogen) atoms. The van der Waals surface area contributed by atoms with Crippen LogP contribution in [0.3, 0.4) is 0 Å². The molecule has 2 aliphatic rings. The standard InChI is InChI=1S/C28H28N2O5/c1-17-16-23(35-29-17)18-8-12-21(13-9-18)30-25(19-6-4-3-5-7-19)24(27(32)28(30)33)26(31)20-10-14-22(34-2)15-11-20/h8-16,19,25,32H,3-7H2,1-2H3. The number of benzene rings is 2. The number of carbonyl (C=O) groups is 2. The quantitative estimate of drug-likeness (QED) is 0.466. The van der Waals surface area contributed by atoms with Crippen molar-refractivity contribution in [3.63, 3.8) is 0 Å². The minimum atomic E-state index is -0.541. The summed E-state index contributed by atoms with van der Waals surface area (Å²) in [5.41, 5.74) is 2.85. The molecule has 1 N–H and O–H groups in total. The lowest BCUT2D eigenvalue weighted by Gasteiger charge is -2.35. The monoisotopic (exact) mass is 472 g/mol. The van der Waals surface area contributed by atoms with Gasteiger partial charge in [0.1, 0.15) is 5.75 Å². The Morgan fingerprint density at radius 1 is 1.06 bits per heavy atom. The lowest BCUT2D eigenvalue weighted by molar-refractivity contribution is -0.117. The molecule has 1 aliphatic heterocycles. The average molecular weight is 473 g/mol. The van der Waals surface area contributed by atoms with Gasteiger partial charge in [-0.2, -0.15) is 0 Å². The molecular weight excluding hydrogens is 444 g/mol. The first-order chi connectivity index (χ1) is 17.0. The van der Waals surface area contributed by atoms with E-state index in [9.17, 15) is 14.7 Å². The first kappa shape index (κ1) is 22.9. The van der Waals surface area contributed by atoms with E-state index >= 15 is 0 Å². The van der Waals surface area contributed by atoms with Gasteiger partial charge in [0.25, 0.3) is 5.91 Å². The fourth-order valence-electron chi connectivity index (χ4n) is 5.22. The maximum atomic E-state index is 13.6. The van der Waals surface area contributed by atoms with E-state index in [-0.39, 0.29) is 17.3 Å². The summed E-state index contributed by atoms with van der Waals surface area (Å²) in [6.45, 7) is 1.86. The Labute approximate surface area is 204 Å². The molecule has 0 saturated heterocycles. The SMILES string of the molecule is COc1ccc(C(=O)C2=C(O)C(=O)N(c3ccc(-c4cc(C)no4)cc3)C2C2CCCCC2)cc1. The van der Waals surface area contributed by atoms with Gasteiger partial charge in [0.2, 0.25) is 0 Å². The van der Waals surface area contributed by atoms with Crippen molar-refractivity contribution in [2.45, 2.75) is 45.1 Å². The van der Waals surface area contributed by atoms with Gasteiger partial charge >= 0.3 is 0 Å². The second-order valence-electron chi connectivity index (χ2n) is 9.22. The number of ether oxygens (including phenoxy) is 1. The molecule has 1 unspecified atom stereocenters. The first-order valence-electron chi connectivity index (χ1n) is 12.0. The molecule has 7 nitrogen and oxygen atoms in total. The zero-order chi connectivity index (χ0) is 24.5. The van der Waals surface area contributed by atoms with Crippen LogP contribution < -0.4 is 9.64 Å². The zero-order valence-electron chi connectivity index (χ0n) is 19.9. The number of carbonyl (C=O) groups excluding carboxylic acids is 2. The fourth-order valence-corrected chi connectivity index (χ4v) is 5.22. The number of anilines is 1. The van der Waals surface area contributed by atoms with E-state index in [1.54, 1.807) is 36.3 Å². The van der Waals surface area contributed by atoms with Crippen LogP contribution in [-0.2, 0) is 4.79 Å². The molecule has 2 aromatic carbocycles. The van der Waals surface area contributed by atoms with Crippen LogP contribution in [0.5, 0.6) is 5.75 Å². The Balaban J connectivity index is 1.52. The predicted molar refractivity (Wildman–Crippen MR) is 132 cm³/mol. The Morgan fingerprint density at radius 2 is 1.74 bits per heavy atom. The molecule has 1 aromatic heterocycles. The summed E-state index contributed by atoms with van der Waals surface area (Å²) in [4.78, 5) is 28.6. The van der Waals surface area contributed by atoms with Crippen LogP contribution in [0.4, 0.5) is 5.69 Å². The van der Waals surface area contributed by atoms with Crippen molar-refractivity contribution >= 4 is 17.4 Å². The number of aliphatic hydroxyl groups excluding tert-OH is 1. The minimum absolute atomic E-state index is 0.0890. The Bertz CT molecular complexity index is 1270. The van der Waals surface area contributed by atoms with Crippen molar-refractivity contribution in [1.29, 1.82) is 0 Å². The number of rotatable bonds is 6. The number of aromatic nitrogens is 1. The van der Waals surface area contributed by atoms with Crippen molar-refractivity contribution in [2.75, 3.05) is 12.0 Å². The van der Waals surface area contributed by atoms with Crippen LogP contribution >= 0.6 is 0 Å². The molecule has 7 heteroatoms. The number of nitrogens with zero attached hydrogens (tertiary/aromatic N) is 2. The zero-order valence-corrected chi connectivity index (χ0v) is 19.9. The van der Waals surface area contributed by atoms with Gasteiger partial charge in [-0.25, -0.2) is 0 Å². The number of amides is 1. The first-order valence-corrected chi connectivity index (χ1v) is 12.0. The van der Waals surface area contributed by atoms with Gasteiger partial charge < -0.3 is 14.4 Å². The second kappa shape index (κ2) is 9.41. The lowest BCUT2D eigenvalue weighted by atomic mass is 9.79. The summed E-state index contributed by atoms with van der Waals surface area (Å²) >= 11 is 0. The van der Waals surface area contributed by atoms with Gasteiger partial charge in [0.05, 0.1) is 24.4 Å². The number of aliphatic hydroxyl groups is 1. The smallest absolute Gasteiger partial charge is 0.294 e. The van der Waals surface area contributed by atoms with E-state index in [2.05, 4.69) is 5.16 Å². The molecule has 0 radical (unpaired) electrons. The summed E-state index contributed by atoms with van der Waals surface area (Å²) < 4.78 is 10.6. The summed E-state index contributed by atoms with van der Waals surface area (Å²) in [7, 11) is 1.56. The third-order valence-corrected chi connectivity index (χ3v) is 7.00. The van der Waals surface area contributed by atoms with Gasteiger partial charge in [-0.1, -0.05) is 24.4 Å². The van der Waals surface area contributed by atoms with Crippen molar-refractivity contribution in [1.82, 2.24) is 5.16 Å². The number of Topliss-reactive ketones (excluding diaryl/α,β-unsaturated/α-hetero) is 1. The van der Waals surface area contributed by atoms with Crippen LogP contribution in [-0.4, -0.2) is 35.1 Å². The van der Waals surface area contributed by atoms with E-state index in [0.717, 1.165) is 43.4 Å². The maximum absolute atomic E-state index is 13.6. The highest BCUT2D eigenvalue weighted by molar-refractivity contribution is 6.20. The van der Waals surface area contributed by atoms with Gasteiger partial charge in [-0.3, -0.25) is 14.5 Å². The Hall–Kier alpha value is -3.87. The predicted octanol–water partition coefficient (Wildman–Crippen LogP) is 5.65. The normalized spacial score (nSPS) is 18.9. The van der Waals surface area contributed by atoms with Gasteiger partial charge in [-0.15, -0.1) is 0 Å². The van der Waals surface area contributed by atoms with Crippen LogP contribution in [0.25, 0.3) is 11.3 Å². The topological polar surface area (TPSA) is 92.9 Å². The number of hydrogen-bond acceptors (Lipinski definition) is 6.